The summed E-state index contributed by atoms with van der Waals surface area (Å²) in [5.74, 6) is 0.727. The lowest BCUT2D eigenvalue weighted by Gasteiger charge is -2.15. The van der Waals surface area contributed by atoms with Crippen LogP contribution in [0.15, 0.2) is 45.3 Å². The van der Waals surface area contributed by atoms with Crippen LogP contribution in [0.5, 0.6) is 5.75 Å². The van der Waals surface area contributed by atoms with E-state index in [1.807, 2.05) is 30.3 Å². The van der Waals surface area contributed by atoms with Crippen LogP contribution in [0.2, 0.25) is 5.02 Å². The maximum Gasteiger partial charge on any atom is 0.140 e. The van der Waals surface area contributed by atoms with Gasteiger partial charge in [-0.15, -0.1) is 0 Å². The number of rotatable bonds is 4. The Balaban J connectivity index is 2.26. The second-order valence-corrected chi connectivity index (χ2v) is 6.35. The summed E-state index contributed by atoms with van der Waals surface area (Å²) < 4.78 is 6.78. The zero-order valence-electron chi connectivity index (χ0n) is 11.0. The lowest BCUT2D eigenvalue weighted by Crippen LogP contribution is -2.08. The smallest absolute Gasteiger partial charge is 0.140 e. The molecule has 0 amide bonds. The molecule has 6 heteroatoms. The Labute approximate surface area is 145 Å². The minimum atomic E-state index is -0.472. The van der Waals surface area contributed by atoms with Gasteiger partial charge in [-0.2, -0.15) is 5.26 Å². The number of nitrogens with zero attached hydrogens (tertiary/aromatic N) is 1. The zero-order valence-corrected chi connectivity index (χ0v) is 15.0. The van der Waals surface area contributed by atoms with E-state index in [2.05, 4.69) is 43.2 Å². The average molecular weight is 431 g/mol. The second-order valence-electron chi connectivity index (χ2n) is 4.23. The highest BCUT2D eigenvalue weighted by Gasteiger charge is 2.13. The minimum absolute atomic E-state index is 0.472. The summed E-state index contributed by atoms with van der Waals surface area (Å²) in [6, 6.07) is 12.8. The third kappa shape index (κ3) is 3.91. The molecule has 0 saturated heterocycles. The summed E-state index contributed by atoms with van der Waals surface area (Å²) in [7, 11) is 1.60. The predicted octanol–water partition coefficient (Wildman–Crippen LogP) is 5.55. The number of anilines is 1. The average Bonchev–Trinajstić information content (AvgIpc) is 2.48. The van der Waals surface area contributed by atoms with Crippen LogP contribution in [0.3, 0.4) is 0 Å². The number of hydrogen-bond donors (Lipinski definition) is 1. The topological polar surface area (TPSA) is 45.0 Å². The molecule has 0 aliphatic heterocycles. The highest BCUT2D eigenvalue weighted by atomic mass is 79.9. The standard InChI is InChI=1S/C15H11Br2ClN2O/c1-21-15-5-2-9(6-12(15)17)14(8-19)20-10-3-4-13(18)11(16)7-10/h2-7,14,20H,1H3. The Morgan fingerprint density at radius 2 is 1.95 bits per heavy atom. The van der Waals surface area contributed by atoms with Crippen LogP contribution in [0.1, 0.15) is 11.6 Å². The molecular formula is C15H11Br2ClN2O. The van der Waals surface area contributed by atoms with Crippen LogP contribution in [-0.2, 0) is 0 Å². The number of halogens is 3. The normalized spacial score (nSPS) is 11.6. The quantitative estimate of drug-likeness (QED) is 0.692. The Bertz CT molecular complexity index is 701. The first kappa shape index (κ1) is 16.2. The molecule has 0 spiro atoms. The number of nitrogens with one attached hydrogen (secondary N) is 1. The van der Waals surface area contributed by atoms with Crippen molar-refractivity contribution in [2.75, 3.05) is 12.4 Å². The molecule has 21 heavy (non-hydrogen) atoms. The summed E-state index contributed by atoms with van der Waals surface area (Å²) in [5.41, 5.74) is 1.65. The molecule has 2 aromatic rings. The fourth-order valence-electron chi connectivity index (χ4n) is 1.80. The lowest BCUT2D eigenvalue weighted by molar-refractivity contribution is 0.412. The first-order valence-electron chi connectivity index (χ1n) is 6.00. The highest BCUT2D eigenvalue weighted by Crippen LogP contribution is 2.31. The van der Waals surface area contributed by atoms with Gasteiger partial charge in [0, 0.05) is 10.2 Å². The molecule has 2 rings (SSSR count). The summed E-state index contributed by atoms with van der Waals surface area (Å²) in [4.78, 5) is 0. The molecule has 0 saturated carbocycles. The zero-order chi connectivity index (χ0) is 15.4. The second kappa shape index (κ2) is 7.17. The van der Waals surface area contributed by atoms with E-state index < -0.39 is 6.04 Å². The van der Waals surface area contributed by atoms with Gasteiger partial charge in [0.2, 0.25) is 0 Å². The van der Waals surface area contributed by atoms with Gasteiger partial charge in [-0.3, -0.25) is 0 Å². The maximum atomic E-state index is 9.39. The van der Waals surface area contributed by atoms with Crippen molar-refractivity contribution in [3.63, 3.8) is 0 Å². The maximum absolute atomic E-state index is 9.39. The number of benzene rings is 2. The van der Waals surface area contributed by atoms with E-state index >= 15 is 0 Å². The van der Waals surface area contributed by atoms with Crippen LogP contribution < -0.4 is 10.1 Å². The number of methoxy groups -OCH3 is 1. The lowest BCUT2D eigenvalue weighted by atomic mass is 10.1. The molecule has 1 N–H and O–H groups in total. The van der Waals surface area contributed by atoms with Crippen molar-refractivity contribution in [1.29, 1.82) is 5.26 Å². The fraction of sp³-hybridized carbons (Fsp3) is 0.133. The van der Waals surface area contributed by atoms with Gasteiger partial charge in [-0.05, 0) is 67.8 Å². The molecule has 0 aliphatic rings. The summed E-state index contributed by atoms with van der Waals surface area (Å²) in [6.45, 7) is 0. The monoisotopic (exact) mass is 428 g/mol. The molecule has 0 radical (unpaired) electrons. The van der Waals surface area contributed by atoms with Crippen molar-refractivity contribution in [2.45, 2.75) is 6.04 Å². The molecule has 0 aliphatic carbocycles. The van der Waals surface area contributed by atoms with E-state index in [4.69, 9.17) is 16.3 Å². The van der Waals surface area contributed by atoms with Crippen LogP contribution in [0, 0.1) is 11.3 Å². The van der Waals surface area contributed by atoms with Gasteiger partial charge in [-0.1, -0.05) is 17.7 Å². The molecule has 0 bridgehead atoms. The molecule has 1 atom stereocenters. The van der Waals surface area contributed by atoms with Crippen molar-refractivity contribution in [3.05, 3.63) is 55.9 Å². The van der Waals surface area contributed by atoms with Gasteiger partial charge in [0.05, 0.1) is 22.7 Å². The van der Waals surface area contributed by atoms with E-state index in [-0.39, 0.29) is 0 Å². The molecule has 0 aromatic heterocycles. The minimum Gasteiger partial charge on any atom is -0.496 e. The summed E-state index contributed by atoms with van der Waals surface area (Å²) in [6.07, 6.45) is 0. The first-order valence-corrected chi connectivity index (χ1v) is 7.96. The number of nitriles is 1. The molecule has 0 fully saturated rings. The third-order valence-electron chi connectivity index (χ3n) is 2.87. The van der Waals surface area contributed by atoms with Crippen molar-refractivity contribution < 1.29 is 4.74 Å². The number of ether oxygens (including phenoxy) is 1. The van der Waals surface area contributed by atoms with Gasteiger partial charge in [0.15, 0.2) is 0 Å². The van der Waals surface area contributed by atoms with Crippen molar-refractivity contribution >= 4 is 49.1 Å². The van der Waals surface area contributed by atoms with Crippen LogP contribution in [0.4, 0.5) is 5.69 Å². The fourth-order valence-corrected chi connectivity index (χ4v) is 2.86. The van der Waals surface area contributed by atoms with Crippen LogP contribution in [-0.4, -0.2) is 7.11 Å². The highest BCUT2D eigenvalue weighted by molar-refractivity contribution is 9.10. The molecular weight excluding hydrogens is 419 g/mol. The van der Waals surface area contributed by atoms with Gasteiger partial charge in [0.25, 0.3) is 0 Å². The van der Waals surface area contributed by atoms with Crippen molar-refractivity contribution in [2.24, 2.45) is 0 Å². The van der Waals surface area contributed by atoms with Gasteiger partial charge in [0.1, 0.15) is 11.8 Å². The van der Waals surface area contributed by atoms with Crippen molar-refractivity contribution in [1.82, 2.24) is 0 Å². The Morgan fingerprint density at radius 3 is 2.52 bits per heavy atom. The predicted molar refractivity (Wildman–Crippen MR) is 91.8 cm³/mol. The van der Waals surface area contributed by atoms with E-state index in [0.717, 1.165) is 25.9 Å². The molecule has 0 heterocycles. The van der Waals surface area contributed by atoms with Gasteiger partial charge < -0.3 is 10.1 Å². The summed E-state index contributed by atoms with van der Waals surface area (Å²) >= 11 is 12.8. The summed E-state index contributed by atoms with van der Waals surface area (Å²) in [5, 5.41) is 13.2. The van der Waals surface area contributed by atoms with Crippen molar-refractivity contribution in [3.8, 4) is 11.8 Å². The largest absolute Gasteiger partial charge is 0.496 e. The Morgan fingerprint density at radius 1 is 1.19 bits per heavy atom. The van der Waals surface area contributed by atoms with Gasteiger partial charge >= 0.3 is 0 Å². The van der Waals surface area contributed by atoms with E-state index in [9.17, 15) is 5.26 Å². The molecule has 108 valence electrons. The van der Waals surface area contributed by atoms with Gasteiger partial charge in [-0.25, -0.2) is 0 Å². The van der Waals surface area contributed by atoms with E-state index in [1.54, 1.807) is 13.2 Å². The number of hydrogen-bond acceptors (Lipinski definition) is 3. The Kier molecular flexibility index (Phi) is 5.51. The first-order chi connectivity index (χ1) is 10.0. The third-order valence-corrected chi connectivity index (χ3v) is 4.70. The van der Waals surface area contributed by atoms with E-state index in [0.29, 0.717) is 5.02 Å². The van der Waals surface area contributed by atoms with Crippen LogP contribution in [0.25, 0.3) is 0 Å². The Hall–Kier alpha value is -1.22. The SMILES string of the molecule is COc1ccc(C(C#N)Nc2ccc(Cl)c(Br)c2)cc1Br. The van der Waals surface area contributed by atoms with E-state index in [1.165, 1.54) is 0 Å². The molecule has 2 aromatic carbocycles. The molecule has 1 unspecified atom stereocenters. The molecule has 3 nitrogen and oxygen atoms in total. The van der Waals surface area contributed by atoms with Crippen LogP contribution >= 0.6 is 43.5 Å².